The van der Waals surface area contributed by atoms with E-state index in [9.17, 15) is 37.1 Å². The first-order chi connectivity index (χ1) is 24.3. The van der Waals surface area contributed by atoms with E-state index in [0.29, 0.717) is 47.0 Å². The van der Waals surface area contributed by atoms with Gasteiger partial charge in [0.2, 0.25) is 0 Å². The summed E-state index contributed by atoms with van der Waals surface area (Å²) >= 11 is 6.15. The lowest BCUT2D eigenvalue weighted by Gasteiger charge is -2.37. The lowest BCUT2D eigenvalue weighted by Crippen LogP contribution is -2.50. The van der Waals surface area contributed by atoms with Gasteiger partial charge in [-0.15, -0.1) is 5.10 Å². The first-order valence-corrected chi connectivity index (χ1v) is 16.4. The Labute approximate surface area is 294 Å². The Hall–Kier alpha value is -4.93. The molecule has 3 heterocycles. The summed E-state index contributed by atoms with van der Waals surface area (Å²) in [5.74, 6) is -3.62. The molecule has 12 nitrogen and oxygen atoms in total. The molecule has 270 valence electrons. The van der Waals surface area contributed by atoms with Gasteiger partial charge in [0.1, 0.15) is 18.2 Å². The van der Waals surface area contributed by atoms with Crippen LogP contribution in [0.5, 0.6) is 5.75 Å². The van der Waals surface area contributed by atoms with Crippen molar-refractivity contribution >= 4 is 57.6 Å². The number of carboxylic acid groups (broad SMARTS) is 1. The predicted octanol–water partition coefficient (Wildman–Crippen LogP) is 6.01. The number of aromatic nitrogens is 2. The molecule has 1 aromatic heterocycles. The standard InChI is InChI=1S/C34H33ClF4N6O6/c1-42-10-12-43(13-11-42)23-3-5-25(29(17-23)44(32(47)34(37,38)39)22-8-14-50-15-9-22)31(46)40-30-26-18-24(4-7-28(26)45(41-30)33(48)49)51-19-20-16-21(36)2-6-27(20)35/h2-7,16-18,22H,8-15,19H2,1H3,(H,48,49)(H,40,41,46). The Morgan fingerprint density at radius 1 is 1.04 bits per heavy atom. The number of fused-ring (bicyclic) bond motifs is 1. The molecular weight excluding hydrogens is 700 g/mol. The minimum atomic E-state index is -5.25. The van der Waals surface area contributed by atoms with Crippen LogP contribution in [0.15, 0.2) is 54.6 Å². The van der Waals surface area contributed by atoms with Gasteiger partial charge in [0.15, 0.2) is 5.82 Å². The van der Waals surface area contributed by atoms with E-state index in [1.165, 1.54) is 48.5 Å². The highest BCUT2D eigenvalue weighted by molar-refractivity contribution is 6.31. The van der Waals surface area contributed by atoms with Crippen LogP contribution < -0.4 is 19.9 Å². The normalized spacial score (nSPS) is 15.9. The van der Waals surface area contributed by atoms with E-state index in [4.69, 9.17) is 21.1 Å². The molecule has 0 radical (unpaired) electrons. The Kier molecular flexibility index (Phi) is 10.4. The fourth-order valence-electron chi connectivity index (χ4n) is 6.14. The van der Waals surface area contributed by atoms with Crippen LogP contribution in [0.2, 0.25) is 5.02 Å². The van der Waals surface area contributed by atoms with Crippen molar-refractivity contribution < 1.29 is 46.5 Å². The lowest BCUT2D eigenvalue weighted by atomic mass is 10.0. The van der Waals surface area contributed by atoms with Crippen molar-refractivity contribution in [1.29, 1.82) is 0 Å². The molecule has 2 saturated heterocycles. The van der Waals surface area contributed by atoms with Gasteiger partial charge in [-0.3, -0.25) is 9.59 Å². The predicted molar refractivity (Wildman–Crippen MR) is 180 cm³/mol. The van der Waals surface area contributed by atoms with Crippen LogP contribution in [0.1, 0.15) is 28.8 Å². The van der Waals surface area contributed by atoms with Crippen molar-refractivity contribution in [2.45, 2.75) is 31.7 Å². The van der Waals surface area contributed by atoms with E-state index < -0.39 is 35.9 Å². The minimum absolute atomic E-state index is 0.0654. The van der Waals surface area contributed by atoms with Crippen molar-refractivity contribution in [3.63, 3.8) is 0 Å². The summed E-state index contributed by atoms with van der Waals surface area (Å²) in [5, 5.41) is 16.8. The van der Waals surface area contributed by atoms with Crippen LogP contribution in [-0.4, -0.2) is 96.4 Å². The molecule has 0 atom stereocenters. The first kappa shape index (κ1) is 35.9. The Balaban J connectivity index is 1.39. The summed E-state index contributed by atoms with van der Waals surface area (Å²) < 4.78 is 68.1. The summed E-state index contributed by atoms with van der Waals surface area (Å²) in [6.45, 7) is 2.64. The van der Waals surface area contributed by atoms with Gasteiger partial charge >= 0.3 is 18.2 Å². The van der Waals surface area contributed by atoms with E-state index in [0.717, 1.165) is 0 Å². The molecule has 0 unspecified atom stereocenters. The number of ether oxygens (including phenoxy) is 2. The minimum Gasteiger partial charge on any atom is -0.489 e. The van der Waals surface area contributed by atoms with Gasteiger partial charge in [0.25, 0.3) is 5.91 Å². The van der Waals surface area contributed by atoms with Crippen LogP contribution in [0.4, 0.5) is 39.5 Å². The fraction of sp³-hybridized carbons (Fsp3) is 0.353. The summed E-state index contributed by atoms with van der Waals surface area (Å²) in [7, 11) is 1.95. The average Bonchev–Trinajstić information content (AvgIpc) is 3.46. The number of amides is 2. The zero-order valence-electron chi connectivity index (χ0n) is 27.3. The van der Waals surface area contributed by atoms with E-state index in [-0.39, 0.29) is 71.4 Å². The molecule has 2 aliphatic rings. The van der Waals surface area contributed by atoms with Crippen LogP contribution in [0.3, 0.4) is 0 Å². The van der Waals surface area contributed by atoms with Gasteiger partial charge in [-0.1, -0.05) is 11.6 Å². The van der Waals surface area contributed by atoms with Gasteiger partial charge in [-0.2, -0.15) is 17.9 Å². The highest BCUT2D eigenvalue weighted by Gasteiger charge is 2.46. The largest absolute Gasteiger partial charge is 0.489 e. The number of anilines is 3. The van der Waals surface area contributed by atoms with Gasteiger partial charge in [0.05, 0.1) is 16.8 Å². The van der Waals surface area contributed by atoms with Gasteiger partial charge in [-0.05, 0) is 74.5 Å². The molecule has 2 N–H and O–H groups in total. The van der Waals surface area contributed by atoms with E-state index in [1.54, 1.807) is 6.07 Å². The maximum Gasteiger partial charge on any atom is 0.471 e. The lowest BCUT2D eigenvalue weighted by molar-refractivity contribution is -0.171. The number of carbonyl (C=O) groups is 3. The molecule has 2 aliphatic heterocycles. The maximum absolute atomic E-state index is 14.2. The Morgan fingerprint density at radius 3 is 2.45 bits per heavy atom. The SMILES string of the molecule is CN1CCN(c2ccc(C(=O)Nc3nn(C(=O)O)c4ccc(OCc5cc(F)ccc5Cl)cc34)c(N(C(=O)C(F)(F)F)C3CCOCC3)c2)CC1. The molecule has 2 fully saturated rings. The smallest absolute Gasteiger partial charge is 0.471 e. The zero-order chi connectivity index (χ0) is 36.4. The Bertz CT molecular complexity index is 1960. The second-order valence-corrected chi connectivity index (χ2v) is 12.6. The van der Waals surface area contributed by atoms with Gasteiger partial charge in [0, 0.05) is 67.1 Å². The number of carbonyl (C=O) groups excluding carboxylic acids is 2. The number of benzene rings is 3. The molecule has 4 aromatic rings. The van der Waals surface area contributed by atoms with Crippen molar-refractivity contribution in [2.75, 3.05) is 61.6 Å². The number of nitrogens with zero attached hydrogens (tertiary/aromatic N) is 5. The van der Waals surface area contributed by atoms with Gasteiger partial charge < -0.3 is 34.6 Å². The Morgan fingerprint density at radius 2 is 1.76 bits per heavy atom. The van der Waals surface area contributed by atoms with Gasteiger partial charge in [-0.25, -0.2) is 9.18 Å². The summed E-state index contributed by atoms with van der Waals surface area (Å²) in [6.07, 6.45) is -6.50. The van der Waals surface area contributed by atoms with E-state index in [2.05, 4.69) is 15.3 Å². The zero-order valence-corrected chi connectivity index (χ0v) is 28.0. The molecule has 3 aromatic carbocycles. The summed E-state index contributed by atoms with van der Waals surface area (Å²) in [5.41, 5.74) is 0.430. The van der Waals surface area contributed by atoms with Crippen molar-refractivity contribution in [2.24, 2.45) is 0 Å². The summed E-state index contributed by atoms with van der Waals surface area (Å²) in [4.78, 5) is 44.0. The quantitative estimate of drug-likeness (QED) is 0.209. The van der Waals surface area contributed by atoms with Crippen molar-refractivity contribution in [1.82, 2.24) is 14.7 Å². The number of halogens is 5. The molecule has 0 spiro atoms. The van der Waals surface area contributed by atoms with Crippen molar-refractivity contribution in [3.8, 4) is 5.75 Å². The highest BCUT2D eigenvalue weighted by Crippen LogP contribution is 2.36. The number of hydrogen-bond donors (Lipinski definition) is 2. The molecule has 0 saturated carbocycles. The second kappa shape index (κ2) is 14.7. The molecular formula is C34H33ClF4N6O6. The molecule has 17 heteroatoms. The van der Waals surface area contributed by atoms with Crippen LogP contribution in [-0.2, 0) is 16.1 Å². The van der Waals surface area contributed by atoms with E-state index >= 15 is 0 Å². The number of nitrogens with one attached hydrogen (secondary N) is 1. The number of hydrogen-bond acceptors (Lipinski definition) is 8. The third kappa shape index (κ3) is 7.87. The second-order valence-electron chi connectivity index (χ2n) is 12.2. The first-order valence-electron chi connectivity index (χ1n) is 16.0. The molecule has 6 rings (SSSR count). The van der Waals surface area contributed by atoms with Crippen molar-refractivity contribution in [3.05, 3.63) is 76.6 Å². The maximum atomic E-state index is 14.2. The molecule has 0 bridgehead atoms. The monoisotopic (exact) mass is 732 g/mol. The topological polar surface area (TPSA) is 129 Å². The fourth-order valence-corrected chi connectivity index (χ4v) is 6.31. The number of likely N-dealkylation sites (N-methyl/N-ethyl adjacent to an activating group) is 1. The molecule has 0 aliphatic carbocycles. The van der Waals surface area contributed by atoms with E-state index in [1.807, 2.05) is 11.9 Å². The third-order valence-corrected chi connectivity index (χ3v) is 9.21. The average molecular weight is 733 g/mol. The number of alkyl halides is 3. The third-order valence-electron chi connectivity index (χ3n) is 8.84. The number of piperazine rings is 1. The molecule has 2 amide bonds. The summed E-state index contributed by atoms with van der Waals surface area (Å²) in [6, 6.07) is 11.5. The van der Waals surface area contributed by atoms with Crippen LogP contribution in [0.25, 0.3) is 10.9 Å². The number of rotatable bonds is 8. The van der Waals surface area contributed by atoms with Crippen LogP contribution in [0, 0.1) is 5.82 Å². The van der Waals surface area contributed by atoms with Crippen LogP contribution >= 0.6 is 11.6 Å². The molecule has 51 heavy (non-hydrogen) atoms. The highest BCUT2D eigenvalue weighted by atomic mass is 35.5.